The van der Waals surface area contributed by atoms with Crippen LogP contribution in [0.4, 0.5) is 5.82 Å². The number of pyridine rings is 1. The Morgan fingerprint density at radius 3 is 2.09 bits per heavy atom. The quantitative estimate of drug-likeness (QED) is 0.0515. The molecule has 0 aliphatic heterocycles. The number of rotatable bonds is 19. The van der Waals surface area contributed by atoms with E-state index in [1.165, 1.54) is 18.0 Å². The molecule has 2 heterocycles. The van der Waals surface area contributed by atoms with Gasteiger partial charge in [0, 0.05) is 34.7 Å². The molecular weight excluding hydrogens is 765 g/mol. The second kappa shape index (κ2) is 23.2. The molecule has 0 radical (unpaired) electrons. The lowest BCUT2D eigenvalue weighted by atomic mass is 9.97. The average Bonchev–Trinajstić information content (AvgIpc) is 3.61. The van der Waals surface area contributed by atoms with Crippen molar-refractivity contribution in [2.45, 2.75) is 55.4 Å². The number of hydrogen-bond acceptors (Lipinski definition) is 14. The minimum Gasteiger partial charge on any atom is -0.490 e. The number of thioether (sulfide) groups is 1. The van der Waals surface area contributed by atoms with Gasteiger partial charge in [0.25, 0.3) is 0 Å². The largest absolute Gasteiger partial charge is 0.490 e. The van der Waals surface area contributed by atoms with Gasteiger partial charge in [0.1, 0.15) is 53.8 Å². The van der Waals surface area contributed by atoms with E-state index in [-0.39, 0.29) is 67.8 Å². The molecule has 0 aliphatic rings. The molecular formula is C36H40Cl3N7O6S. The second-order valence-electron chi connectivity index (χ2n) is 11.2. The Morgan fingerprint density at radius 2 is 1.47 bits per heavy atom. The Bertz CT molecular complexity index is 1870. The van der Waals surface area contributed by atoms with Crippen molar-refractivity contribution >= 4 is 65.9 Å². The van der Waals surface area contributed by atoms with Crippen LogP contribution in [-0.2, 0) is 24.8 Å². The van der Waals surface area contributed by atoms with Crippen molar-refractivity contribution in [3.8, 4) is 40.5 Å². The van der Waals surface area contributed by atoms with Crippen LogP contribution in [0, 0.1) is 22.7 Å². The van der Waals surface area contributed by atoms with Crippen LogP contribution in [0.2, 0.25) is 5.02 Å². The zero-order valence-corrected chi connectivity index (χ0v) is 31.8. The number of anilines is 1. The summed E-state index contributed by atoms with van der Waals surface area (Å²) in [6.07, 6.45) is 3.60. The highest BCUT2D eigenvalue weighted by Gasteiger charge is 2.22. The third-order valence-corrected chi connectivity index (χ3v) is 8.65. The summed E-state index contributed by atoms with van der Waals surface area (Å²) >= 11 is 7.22. The molecule has 13 nitrogen and oxygen atoms in total. The van der Waals surface area contributed by atoms with E-state index in [2.05, 4.69) is 22.1 Å². The van der Waals surface area contributed by atoms with Crippen LogP contribution in [0.15, 0.2) is 64.2 Å². The number of oxazole rings is 1. The SMILES string of the molecule is Cl.Cl.N#Cc1c(N)nc(SCc2coc(-c3ccc(Cl)cc3)n2)c(C#N)c1-c1ccc(OC[C@@H](COC(=O)CCCCN)OC(=O)CCCCN)cc1. The molecule has 2 aromatic carbocycles. The number of esters is 2. The van der Waals surface area contributed by atoms with Crippen LogP contribution in [-0.4, -0.2) is 54.3 Å². The summed E-state index contributed by atoms with van der Waals surface area (Å²) in [6.45, 7) is 0.677. The highest BCUT2D eigenvalue weighted by molar-refractivity contribution is 7.98. The molecule has 17 heteroatoms. The molecule has 0 bridgehead atoms. The zero-order valence-electron chi connectivity index (χ0n) is 28.6. The van der Waals surface area contributed by atoms with Gasteiger partial charge < -0.3 is 35.8 Å². The van der Waals surface area contributed by atoms with Crippen LogP contribution >= 0.6 is 48.2 Å². The lowest BCUT2D eigenvalue weighted by Crippen LogP contribution is -2.31. The number of nitrogens with zero attached hydrogens (tertiary/aromatic N) is 4. The number of carbonyl (C=O) groups is 2. The van der Waals surface area contributed by atoms with Gasteiger partial charge in [-0.1, -0.05) is 35.5 Å². The molecule has 2 aromatic heterocycles. The third kappa shape index (κ3) is 13.4. The molecule has 53 heavy (non-hydrogen) atoms. The number of halogens is 3. The fraction of sp³-hybridized carbons (Fsp3) is 0.333. The van der Waals surface area contributed by atoms with Crippen LogP contribution in [0.5, 0.6) is 5.75 Å². The highest BCUT2D eigenvalue weighted by atomic mass is 35.5. The van der Waals surface area contributed by atoms with E-state index in [0.29, 0.717) is 83.0 Å². The van der Waals surface area contributed by atoms with Crippen LogP contribution in [0.1, 0.15) is 55.3 Å². The monoisotopic (exact) mass is 803 g/mol. The second-order valence-corrected chi connectivity index (χ2v) is 12.6. The lowest BCUT2D eigenvalue weighted by Gasteiger charge is -2.19. The molecule has 0 amide bonds. The summed E-state index contributed by atoms with van der Waals surface area (Å²) in [4.78, 5) is 33.5. The summed E-state index contributed by atoms with van der Waals surface area (Å²) in [7, 11) is 0. The van der Waals surface area contributed by atoms with Crippen molar-refractivity contribution in [1.29, 1.82) is 10.5 Å². The average molecular weight is 805 g/mol. The fourth-order valence-corrected chi connectivity index (χ4v) is 5.78. The Balaban J connectivity index is 0.00000486. The van der Waals surface area contributed by atoms with E-state index in [0.717, 1.165) is 5.56 Å². The Kier molecular flexibility index (Phi) is 19.5. The molecule has 0 fully saturated rings. The first-order valence-corrected chi connectivity index (χ1v) is 17.6. The van der Waals surface area contributed by atoms with Crippen molar-refractivity contribution in [3.63, 3.8) is 0 Å². The smallest absolute Gasteiger partial charge is 0.306 e. The maximum absolute atomic E-state index is 12.4. The molecule has 0 spiro atoms. The maximum atomic E-state index is 12.4. The molecule has 4 aromatic rings. The predicted molar refractivity (Wildman–Crippen MR) is 207 cm³/mol. The van der Waals surface area contributed by atoms with Gasteiger partial charge in [-0.15, -0.1) is 24.8 Å². The predicted octanol–water partition coefficient (Wildman–Crippen LogP) is 6.61. The van der Waals surface area contributed by atoms with E-state index in [1.54, 1.807) is 48.5 Å². The summed E-state index contributed by atoms with van der Waals surface area (Å²) in [6, 6.07) is 18.0. The first-order valence-electron chi connectivity index (χ1n) is 16.2. The number of carbonyl (C=O) groups excluding carboxylic acids is 2. The normalized spacial score (nSPS) is 10.9. The molecule has 282 valence electrons. The molecule has 6 N–H and O–H groups in total. The summed E-state index contributed by atoms with van der Waals surface area (Å²) in [5, 5.41) is 21.1. The summed E-state index contributed by atoms with van der Waals surface area (Å²) < 4.78 is 22.4. The van der Waals surface area contributed by atoms with Crippen molar-refractivity contribution < 1.29 is 28.2 Å². The van der Waals surface area contributed by atoms with E-state index < -0.39 is 18.0 Å². The van der Waals surface area contributed by atoms with Crippen molar-refractivity contribution in [3.05, 3.63) is 76.6 Å². The molecule has 1 atom stereocenters. The van der Waals surface area contributed by atoms with Gasteiger partial charge in [-0.2, -0.15) is 10.5 Å². The summed E-state index contributed by atoms with van der Waals surface area (Å²) in [5.41, 5.74) is 19.7. The van der Waals surface area contributed by atoms with Gasteiger partial charge in [0.05, 0.1) is 11.3 Å². The van der Waals surface area contributed by atoms with E-state index in [9.17, 15) is 20.1 Å². The maximum Gasteiger partial charge on any atom is 0.306 e. The van der Waals surface area contributed by atoms with E-state index in [4.69, 9.17) is 47.4 Å². The molecule has 4 rings (SSSR count). The van der Waals surface area contributed by atoms with E-state index in [1.807, 2.05) is 0 Å². The number of hydrogen-bond donors (Lipinski definition) is 3. The van der Waals surface area contributed by atoms with Crippen LogP contribution in [0.25, 0.3) is 22.6 Å². The Morgan fingerprint density at radius 1 is 0.849 bits per heavy atom. The fourth-order valence-electron chi connectivity index (χ4n) is 4.79. The van der Waals surface area contributed by atoms with Crippen LogP contribution < -0.4 is 21.9 Å². The number of benzene rings is 2. The van der Waals surface area contributed by atoms with Gasteiger partial charge >= 0.3 is 11.9 Å². The highest BCUT2D eigenvalue weighted by Crippen LogP contribution is 2.37. The minimum absolute atomic E-state index is 0. The number of unbranched alkanes of at least 4 members (excludes halogenated alkanes) is 2. The molecule has 0 aliphatic carbocycles. The van der Waals surface area contributed by atoms with Crippen molar-refractivity contribution in [2.24, 2.45) is 11.5 Å². The number of nitrogens with two attached hydrogens (primary N) is 3. The van der Waals surface area contributed by atoms with Crippen LogP contribution in [0.3, 0.4) is 0 Å². The first-order chi connectivity index (χ1) is 24.8. The van der Waals surface area contributed by atoms with Gasteiger partial charge in [0.15, 0.2) is 6.10 Å². The van der Waals surface area contributed by atoms with Gasteiger partial charge in [0.2, 0.25) is 5.89 Å². The van der Waals surface area contributed by atoms with Gasteiger partial charge in [-0.25, -0.2) is 9.97 Å². The lowest BCUT2D eigenvalue weighted by molar-refractivity contribution is -0.161. The summed E-state index contributed by atoms with van der Waals surface area (Å²) in [5.74, 6) is 0.256. The minimum atomic E-state index is -0.851. The van der Waals surface area contributed by atoms with Crippen molar-refractivity contribution in [1.82, 2.24) is 9.97 Å². The molecule has 0 unspecified atom stereocenters. The number of nitrogen functional groups attached to an aromatic ring is 1. The molecule has 0 saturated heterocycles. The Labute approximate surface area is 329 Å². The zero-order chi connectivity index (χ0) is 36.6. The number of nitriles is 2. The first kappa shape index (κ1) is 44.6. The van der Waals surface area contributed by atoms with Gasteiger partial charge in [-0.3, -0.25) is 9.59 Å². The number of aromatic nitrogens is 2. The topological polar surface area (TPSA) is 226 Å². The third-order valence-electron chi connectivity index (χ3n) is 7.39. The Hall–Kier alpha value is -4.54. The van der Waals surface area contributed by atoms with E-state index >= 15 is 0 Å². The number of ether oxygens (including phenoxy) is 3. The standard InChI is InChI=1S/C36H38ClN7O6S.2ClH/c37-25-11-7-24(8-12-25)35-43-26(19-49-35)22-51-36-30(18-41)33(29(17-40)34(42)44-36)23-9-13-27(14-10-23)47-20-28(50-32(46)6-2-4-16-39)21-48-31(45)5-1-3-15-38;;/h7-14,19,28H,1-6,15-16,20-22,38-39H2,(H2,42,44);2*1H/t28-;;/m0../s1. The van der Waals surface area contributed by atoms with Gasteiger partial charge in [-0.05, 0) is 80.7 Å². The van der Waals surface area contributed by atoms with Crippen molar-refractivity contribution in [2.75, 3.05) is 32.0 Å². The molecule has 0 saturated carbocycles.